The minimum atomic E-state index is -1.50. The average molecular weight is 319 g/mol. The Bertz CT molecular complexity index is 631. The number of hydrogen-bond acceptors (Lipinski definition) is 6. The van der Waals surface area contributed by atoms with E-state index >= 15 is 0 Å². The predicted molar refractivity (Wildman–Crippen MR) is 79.9 cm³/mol. The lowest BCUT2D eigenvalue weighted by atomic mass is 10.2. The van der Waals surface area contributed by atoms with Gasteiger partial charge in [-0.1, -0.05) is 12.2 Å². The van der Waals surface area contributed by atoms with Crippen molar-refractivity contribution in [2.45, 2.75) is 0 Å². The summed E-state index contributed by atoms with van der Waals surface area (Å²) in [5.74, 6) is -2.27. The number of rotatable bonds is 9. The maximum absolute atomic E-state index is 12.0. The van der Waals surface area contributed by atoms with Crippen LogP contribution in [0.2, 0.25) is 0 Å². The minimum Gasteiger partial charge on any atom is -0.545 e. The van der Waals surface area contributed by atoms with Crippen LogP contribution in [0.15, 0.2) is 43.5 Å². The molecular formula is C15H15N2O6-. The van der Waals surface area contributed by atoms with Crippen molar-refractivity contribution in [3.63, 3.8) is 0 Å². The fourth-order valence-corrected chi connectivity index (χ4v) is 1.73. The van der Waals surface area contributed by atoms with Crippen LogP contribution in [0.25, 0.3) is 0 Å². The molecule has 0 saturated heterocycles. The van der Waals surface area contributed by atoms with Gasteiger partial charge in [-0.2, -0.15) is 0 Å². The first kappa shape index (κ1) is 17.9. The molecule has 0 aliphatic rings. The van der Waals surface area contributed by atoms with Crippen molar-refractivity contribution < 1.29 is 24.4 Å². The highest BCUT2D eigenvalue weighted by atomic mass is 16.6. The number of benzene rings is 1. The van der Waals surface area contributed by atoms with Crippen LogP contribution >= 0.6 is 0 Å². The van der Waals surface area contributed by atoms with Crippen LogP contribution in [0.4, 0.5) is 5.69 Å². The van der Waals surface area contributed by atoms with Gasteiger partial charge in [-0.25, -0.2) is 0 Å². The van der Waals surface area contributed by atoms with Gasteiger partial charge in [0.2, 0.25) is 0 Å². The van der Waals surface area contributed by atoms with Gasteiger partial charge in [-0.05, 0) is 12.1 Å². The van der Waals surface area contributed by atoms with E-state index in [0.29, 0.717) is 0 Å². The average Bonchev–Trinajstić information content (AvgIpc) is 2.51. The molecule has 0 unspecified atom stereocenters. The first-order chi connectivity index (χ1) is 10.9. The highest BCUT2D eigenvalue weighted by Crippen LogP contribution is 2.27. The third kappa shape index (κ3) is 4.95. The zero-order valence-corrected chi connectivity index (χ0v) is 12.3. The smallest absolute Gasteiger partial charge is 0.310 e. The summed E-state index contributed by atoms with van der Waals surface area (Å²) in [6.07, 6.45) is 3.03. The monoisotopic (exact) mass is 319 g/mol. The van der Waals surface area contributed by atoms with Gasteiger partial charge in [0.1, 0.15) is 0 Å². The Morgan fingerprint density at radius 3 is 2.35 bits per heavy atom. The third-order valence-corrected chi connectivity index (χ3v) is 2.80. The lowest BCUT2D eigenvalue weighted by Gasteiger charge is -2.19. The Hall–Kier alpha value is -3.16. The molecule has 0 fully saturated rings. The molecule has 0 aliphatic heterocycles. The number of nitro groups is 1. The van der Waals surface area contributed by atoms with E-state index in [2.05, 4.69) is 13.2 Å². The highest BCUT2D eigenvalue weighted by Gasteiger charge is 2.18. The van der Waals surface area contributed by atoms with Crippen LogP contribution in [-0.2, 0) is 4.79 Å². The van der Waals surface area contributed by atoms with Crippen LogP contribution in [0.1, 0.15) is 10.4 Å². The second kappa shape index (κ2) is 8.32. The number of carbonyl (C=O) groups excluding carboxylic acids is 2. The van der Waals surface area contributed by atoms with Crippen molar-refractivity contribution in [3.05, 3.63) is 59.2 Å². The second-order valence-electron chi connectivity index (χ2n) is 4.39. The Morgan fingerprint density at radius 1 is 1.26 bits per heavy atom. The first-order valence-corrected chi connectivity index (χ1v) is 6.52. The number of ether oxygens (including phenoxy) is 1. The van der Waals surface area contributed by atoms with Crippen LogP contribution in [-0.4, -0.2) is 41.4 Å². The zero-order chi connectivity index (χ0) is 17.4. The third-order valence-electron chi connectivity index (χ3n) is 2.80. The van der Waals surface area contributed by atoms with Crippen LogP contribution < -0.4 is 9.84 Å². The molecular weight excluding hydrogens is 304 g/mol. The summed E-state index contributed by atoms with van der Waals surface area (Å²) in [7, 11) is 0. The summed E-state index contributed by atoms with van der Waals surface area (Å²) < 4.78 is 5.13. The molecule has 122 valence electrons. The van der Waals surface area contributed by atoms with Gasteiger partial charge in [-0.3, -0.25) is 14.9 Å². The van der Waals surface area contributed by atoms with E-state index < -0.39 is 29.1 Å². The number of carboxylic acids is 1. The van der Waals surface area contributed by atoms with Crippen molar-refractivity contribution in [2.24, 2.45) is 0 Å². The molecule has 0 atom stereocenters. The van der Waals surface area contributed by atoms with E-state index in [4.69, 9.17) is 4.74 Å². The van der Waals surface area contributed by atoms with Crippen molar-refractivity contribution in [1.82, 2.24) is 4.90 Å². The molecule has 8 nitrogen and oxygen atoms in total. The van der Waals surface area contributed by atoms with E-state index in [1.54, 1.807) is 0 Å². The van der Waals surface area contributed by atoms with Gasteiger partial charge in [0.15, 0.2) is 12.4 Å². The van der Waals surface area contributed by atoms with Crippen molar-refractivity contribution in [3.8, 4) is 5.75 Å². The molecule has 0 spiro atoms. The second-order valence-corrected chi connectivity index (χ2v) is 4.39. The molecule has 23 heavy (non-hydrogen) atoms. The van der Waals surface area contributed by atoms with E-state index in [1.165, 1.54) is 17.1 Å². The standard InChI is InChI=1S/C15H16N2O6/c1-3-7-16(8-4-2)14(18)10-23-13-9-11(15(19)20)5-6-12(13)17(21)22/h3-6,9H,1-2,7-8,10H2,(H,19,20)/p-1. The molecule has 8 heteroatoms. The molecule has 0 N–H and O–H groups in total. The maximum atomic E-state index is 12.0. The Morgan fingerprint density at radius 2 is 1.87 bits per heavy atom. The molecule has 0 bridgehead atoms. The predicted octanol–water partition coefficient (Wildman–Crippen LogP) is 0.538. The Kier molecular flexibility index (Phi) is 6.47. The fraction of sp³-hybridized carbons (Fsp3) is 0.200. The molecule has 0 heterocycles. The summed E-state index contributed by atoms with van der Waals surface area (Å²) >= 11 is 0. The summed E-state index contributed by atoms with van der Waals surface area (Å²) in [6.45, 7) is 7.07. The number of carbonyl (C=O) groups is 2. The summed E-state index contributed by atoms with van der Waals surface area (Å²) in [6, 6.07) is 2.96. The Balaban J connectivity index is 2.94. The molecule has 0 aromatic heterocycles. The number of nitrogens with zero attached hydrogens (tertiary/aromatic N) is 2. The number of amides is 1. The molecule has 1 rings (SSSR count). The van der Waals surface area contributed by atoms with Crippen molar-refractivity contribution >= 4 is 17.6 Å². The number of carboxylic acid groups (broad SMARTS) is 1. The SMILES string of the molecule is C=CCN(CC=C)C(=O)COc1cc(C(=O)[O-])ccc1[N+](=O)[O-]. The number of hydrogen-bond donors (Lipinski definition) is 0. The normalized spacial score (nSPS) is 9.74. The number of nitro benzene ring substituents is 1. The van der Waals surface area contributed by atoms with E-state index in [9.17, 15) is 24.8 Å². The maximum Gasteiger partial charge on any atom is 0.310 e. The topological polar surface area (TPSA) is 113 Å². The summed E-state index contributed by atoms with van der Waals surface area (Å²) in [5, 5.41) is 21.7. The van der Waals surface area contributed by atoms with E-state index in [-0.39, 0.29) is 24.4 Å². The van der Waals surface area contributed by atoms with Gasteiger partial charge in [0, 0.05) is 24.7 Å². The number of aromatic carboxylic acids is 1. The van der Waals surface area contributed by atoms with E-state index in [1.807, 2.05) is 0 Å². The lowest BCUT2D eigenvalue weighted by molar-refractivity contribution is -0.385. The summed E-state index contributed by atoms with van der Waals surface area (Å²) in [5.41, 5.74) is -0.728. The summed E-state index contributed by atoms with van der Waals surface area (Å²) in [4.78, 5) is 34.4. The van der Waals surface area contributed by atoms with E-state index in [0.717, 1.165) is 18.2 Å². The van der Waals surface area contributed by atoms with Gasteiger partial charge in [0.05, 0.1) is 10.9 Å². The van der Waals surface area contributed by atoms with Gasteiger partial charge >= 0.3 is 5.69 Å². The largest absolute Gasteiger partial charge is 0.545 e. The lowest BCUT2D eigenvalue weighted by Crippen LogP contribution is -2.35. The zero-order valence-electron chi connectivity index (χ0n) is 12.3. The van der Waals surface area contributed by atoms with Gasteiger partial charge in [-0.15, -0.1) is 13.2 Å². The van der Waals surface area contributed by atoms with Crippen LogP contribution in [0.3, 0.4) is 0 Å². The Labute approximate surface area is 132 Å². The van der Waals surface area contributed by atoms with Crippen LogP contribution in [0, 0.1) is 10.1 Å². The molecule has 0 aliphatic carbocycles. The quantitative estimate of drug-likeness (QED) is 0.373. The fourth-order valence-electron chi connectivity index (χ4n) is 1.73. The molecule has 0 radical (unpaired) electrons. The van der Waals surface area contributed by atoms with Crippen LogP contribution in [0.5, 0.6) is 5.75 Å². The molecule has 0 saturated carbocycles. The van der Waals surface area contributed by atoms with Crippen molar-refractivity contribution in [1.29, 1.82) is 0 Å². The van der Waals surface area contributed by atoms with Gasteiger partial charge < -0.3 is 19.5 Å². The highest BCUT2D eigenvalue weighted by molar-refractivity contribution is 5.87. The molecule has 1 amide bonds. The molecule has 1 aromatic carbocycles. The first-order valence-electron chi connectivity index (χ1n) is 6.52. The van der Waals surface area contributed by atoms with Gasteiger partial charge in [0.25, 0.3) is 5.91 Å². The molecule has 1 aromatic rings. The van der Waals surface area contributed by atoms with Crippen molar-refractivity contribution in [2.75, 3.05) is 19.7 Å². The minimum absolute atomic E-state index is 0.259.